The summed E-state index contributed by atoms with van der Waals surface area (Å²) in [4.78, 5) is 14.8. The molecule has 2 fully saturated rings. The molecule has 6 nitrogen and oxygen atoms in total. The number of sulfonamides is 1. The smallest absolute Gasteiger partial charge is 0.243 e. The lowest BCUT2D eigenvalue weighted by Gasteiger charge is -2.36. The molecule has 2 heterocycles. The molecule has 0 radical (unpaired) electrons. The average Bonchev–Trinajstić information content (AvgIpc) is 3.14. The fourth-order valence-electron chi connectivity index (χ4n) is 3.96. The number of aryl methyl sites for hydroxylation is 2. The van der Waals surface area contributed by atoms with E-state index >= 15 is 0 Å². The van der Waals surface area contributed by atoms with E-state index in [2.05, 4.69) is 5.32 Å². The van der Waals surface area contributed by atoms with Gasteiger partial charge in [-0.3, -0.25) is 4.79 Å². The number of benzene rings is 1. The molecule has 1 aromatic rings. The van der Waals surface area contributed by atoms with Crippen molar-refractivity contribution >= 4 is 15.9 Å². The molecule has 0 saturated carbocycles. The van der Waals surface area contributed by atoms with Crippen molar-refractivity contribution in [3.63, 3.8) is 0 Å². The second kappa shape index (κ2) is 7.29. The van der Waals surface area contributed by atoms with Crippen molar-refractivity contribution in [1.82, 2.24) is 14.5 Å². The van der Waals surface area contributed by atoms with Gasteiger partial charge in [-0.05, 0) is 69.3 Å². The Hall–Kier alpha value is -1.44. The highest BCUT2D eigenvalue weighted by Gasteiger charge is 2.35. The average molecular weight is 380 g/mol. The topological polar surface area (TPSA) is 69.7 Å². The highest BCUT2D eigenvalue weighted by molar-refractivity contribution is 7.89. The first-order chi connectivity index (χ1) is 12.2. The van der Waals surface area contributed by atoms with E-state index in [0.717, 1.165) is 41.6 Å². The van der Waals surface area contributed by atoms with Crippen molar-refractivity contribution in [2.45, 2.75) is 51.5 Å². The molecular formula is C19H29N3O3S. The predicted molar refractivity (Wildman–Crippen MR) is 102 cm³/mol. The van der Waals surface area contributed by atoms with Crippen molar-refractivity contribution in [3.8, 4) is 0 Å². The van der Waals surface area contributed by atoms with E-state index in [1.807, 2.05) is 33.8 Å². The number of amides is 1. The van der Waals surface area contributed by atoms with Crippen molar-refractivity contribution in [2.24, 2.45) is 0 Å². The molecule has 1 aromatic carbocycles. The van der Waals surface area contributed by atoms with Gasteiger partial charge < -0.3 is 10.2 Å². The molecule has 0 aromatic heterocycles. The zero-order chi connectivity index (χ0) is 19.1. The maximum atomic E-state index is 13.3. The lowest BCUT2D eigenvalue weighted by Crippen LogP contribution is -2.54. The molecule has 144 valence electrons. The number of rotatable bonds is 3. The van der Waals surface area contributed by atoms with E-state index in [4.69, 9.17) is 0 Å². The summed E-state index contributed by atoms with van der Waals surface area (Å²) in [6, 6.07) is 1.94. The summed E-state index contributed by atoms with van der Waals surface area (Å²) in [6.07, 6.45) is 1.90. The quantitative estimate of drug-likeness (QED) is 0.864. The molecule has 1 N–H and O–H groups in total. The number of hydrogen-bond acceptors (Lipinski definition) is 4. The Labute approximate surface area is 156 Å². The van der Waals surface area contributed by atoms with E-state index in [1.54, 1.807) is 4.90 Å². The second-order valence-corrected chi connectivity index (χ2v) is 9.34. The lowest BCUT2D eigenvalue weighted by atomic mass is 10.0. The minimum Gasteiger partial charge on any atom is -0.339 e. The van der Waals surface area contributed by atoms with Crippen molar-refractivity contribution in [2.75, 3.05) is 32.7 Å². The third kappa shape index (κ3) is 3.40. The highest BCUT2D eigenvalue weighted by Crippen LogP contribution is 2.29. The van der Waals surface area contributed by atoms with E-state index in [1.165, 1.54) is 4.31 Å². The van der Waals surface area contributed by atoms with Crippen LogP contribution < -0.4 is 5.32 Å². The molecule has 2 saturated heterocycles. The number of nitrogens with zero attached hydrogens (tertiary/aromatic N) is 2. The van der Waals surface area contributed by atoms with Gasteiger partial charge in [0.15, 0.2) is 0 Å². The monoisotopic (exact) mass is 379 g/mol. The van der Waals surface area contributed by atoms with Gasteiger partial charge in [0.25, 0.3) is 0 Å². The minimum atomic E-state index is -3.56. The molecule has 2 aliphatic heterocycles. The summed E-state index contributed by atoms with van der Waals surface area (Å²) in [5.74, 6) is 0.110. The van der Waals surface area contributed by atoms with Gasteiger partial charge in [0.05, 0.1) is 10.9 Å². The first-order valence-corrected chi connectivity index (χ1v) is 10.8. The minimum absolute atomic E-state index is 0.0953. The molecule has 3 rings (SSSR count). The summed E-state index contributed by atoms with van der Waals surface area (Å²) in [5.41, 5.74) is 3.63. The van der Waals surface area contributed by atoms with E-state index in [9.17, 15) is 13.2 Å². The number of carbonyl (C=O) groups excluding carboxylic acids is 1. The molecule has 1 amide bonds. The molecule has 26 heavy (non-hydrogen) atoms. The van der Waals surface area contributed by atoms with Crippen LogP contribution in [0.4, 0.5) is 0 Å². The maximum Gasteiger partial charge on any atom is 0.243 e. The Kier molecular flexibility index (Phi) is 5.42. The summed E-state index contributed by atoms with van der Waals surface area (Å²) in [5, 5.41) is 3.23. The van der Waals surface area contributed by atoms with Crippen LogP contribution in [0.2, 0.25) is 0 Å². The van der Waals surface area contributed by atoms with Gasteiger partial charge in [0.2, 0.25) is 15.9 Å². The van der Waals surface area contributed by atoms with Crippen molar-refractivity contribution in [3.05, 3.63) is 28.3 Å². The van der Waals surface area contributed by atoms with Gasteiger partial charge in [0.1, 0.15) is 0 Å². The number of piperazine rings is 1. The van der Waals surface area contributed by atoms with Gasteiger partial charge in [-0.15, -0.1) is 0 Å². The Bertz CT molecular complexity index is 780. The summed E-state index contributed by atoms with van der Waals surface area (Å²) < 4.78 is 28.1. The standard InChI is InChI=1S/C19H29N3O3S/c1-13-12-14(2)16(4)18(15(13)3)26(24,25)22-10-8-21(9-11-22)19(23)17-6-5-7-20-17/h12,17,20H,5-11H2,1-4H3. The lowest BCUT2D eigenvalue weighted by molar-refractivity contribution is -0.134. The molecule has 1 unspecified atom stereocenters. The van der Waals surface area contributed by atoms with Gasteiger partial charge in [0, 0.05) is 26.2 Å². The van der Waals surface area contributed by atoms with Crippen LogP contribution in [-0.4, -0.2) is 62.3 Å². The molecule has 1 atom stereocenters. The Morgan fingerprint density at radius 3 is 2.12 bits per heavy atom. The molecule has 7 heteroatoms. The molecular weight excluding hydrogens is 350 g/mol. The van der Waals surface area contributed by atoms with Crippen LogP contribution in [-0.2, 0) is 14.8 Å². The number of carbonyl (C=O) groups is 1. The normalized spacial score (nSPS) is 22.0. The van der Waals surface area contributed by atoms with Crippen LogP contribution in [0.15, 0.2) is 11.0 Å². The highest BCUT2D eigenvalue weighted by atomic mass is 32.2. The molecule has 0 aliphatic carbocycles. The SMILES string of the molecule is Cc1cc(C)c(C)c(S(=O)(=O)N2CCN(C(=O)C3CCCN3)CC2)c1C. The van der Waals surface area contributed by atoms with E-state index in [0.29, 0.717) is 31.1 Å². The molecule has 0 bridgehead atoms. The van der Waals surface area contributed by atoms with Crippen LogP contribution >= 0.6 is 0 Å². The van der Waals surface area contributed by atoms with E-state index < -0.39 is 10.0 Å². The van der Waals surface area contributed by atoms with Gasteiger partial charge in [-0.2, -0.15) is 4.31 Å². The third-order valence-electron chi connectivity index (χ3n) is 5.80. The zero-order valence-corrected chi connectivity index (χ0v) is 16.9. The van der Waals surface area contributed by atoms with Crippen LogP contribution in [0, 0.1) is 27.7 Å². The Morgan fingerprint density at radius 2 is 1.62 bits per heavy atom. The zero-order valence-electron chi connectivity index (χ0n) is 16.1. The first kappa shape index (κ1) is 19.3. The van der Waals surface area contributed by atoms with Gasteiger partial charge in [-0.1, -0.05) is 6.07 Å². The molecule has 2 aliphatic rings. The van der Waals surface area contributed by atoms with Crippen molar-refractivity contribution < 1.29 is 13.2 Å². The van der Waals surface area contributed by atoms with Crippen molar-refractivity contribution in [1.29, 1.82) is 0 Å². The maximum absolute atomic E-state index is 13.3. The predicted octanol–water partition coefficient (Wildman–Crippen LogP) is 1.51. The Balaban J connectivity index is 1.78. The first-order valence-electron chi connectivity index (χ1n) is 9.33. The van der Waals surface area contributed by atoms with Crippen LogP contribution in [0.5, 0.6) is 0 Å². The summed E-state index contributed by atoms with van der Waals surface area (Å²) in [6.45, 7) is 10.2. The van der Waals surface area contributed by atoms with Gasteiger partial charge in [-0.25, -0.2) is 8.42 Å². The van der Waals surface area contributed by atoms with Gasteiger partial charge >= 0.3 is 0 Å². The summed E-state index contributed by atoms with van der Waals surface area (Å²) in [7, 11) is -3.56. The Morgan fingerprint density at radius 1 is 1.04 bits per heavy atom. The number of hydrogen-bond donors (Lipinski definition) is 1. The van der Waals surface area contributed by atoms with E-state index in [-0.39, 0.29) is 11.9 Å². The fraction of sp³-hybridized carbons (Fsp3) is 0.632. The largest absolute Gasteiger partial charge is 0.339 e. The third-order valence-corrected chi connectivity index (χ3v) is 7.98. The summed E-state index contributed by atoms with van der Waals surface area (Å²) >= 11 is 0. The van der Waals surface area contributed by atoms with Crippen LogP contribution in [0.3, 0.4) is 0 Å². The van der Waals surface area contributed by atoms with Crippen LogP contribution in [0.1, 0.15) is 35.1 Å². The fourth-order valence-corrected chi connectivity index (χ4v) is 5.96. The molecule has 0 spiro atoms. The second-order valence-electron chi connectivity index (χ2n) is 7.47. The number of nitrogens with one attached hydrogen (secondary N) is 1. The van der Waals surface area contributed by atoms with Crippen LogP contribution in [0.25, 0.3) is 0 Å².